The summed E-state index contributed by atoms with van der Waals surface area (Å²) < 4.78 is 6.26. The summed E-state index contributed by atoms with van der Waals surface area (Å²) in [7, 11) is 0. The summed E-state index contributed by atoms with van der Waals surface area (Å²) >= 11 is 3.31. The van der Waals surface area contributed by atoms with Crippen molar-refractivity contribution >= 4 is 21.7 Å². The fourth-order valence-corrected chi connectivity index (χ4v) is 2.19. The van der Waals surface area contributed by atoms with Gasteiger partial charge in [0.05, 0.1) is 6.20 Å². The second kappa shape index (κ2) is 7.20. The maximum absolute atomic E-state index is 12.0. The Morgan fingerprint density at radius 1 is 1.25 bits per heavy atom. The molecule has 0 aliphatic rings. The lowest BCUT2D eigenvalue weighted by molar-refractivity contribution is 0.0921. The third-order valence-electron chi connectivity index (χ3n) is 2.86. The van der Waals surface area contributed by atoms with Gasteiger partial charge in [0.15, 0.2) is 12.4 Å². The Morgan fingerprint density at radius 2 is 2.00 bits per heavy atom. The van der Waals surface area contributed by atoms with Gasteiger partial charge < -0.3 is 4.74 Å². The van der Waals surface area contributed by atoms with E-state index in [1.54, 1.807) is 18.5 Å². The highest BCUT2D eigenvalue weighted by molar-refractivity contribution is 9.10. The molecule has 0 saturated carbocycles. The fourth-order valence-electron chi connectivity index (χ4n) is 1.85. The predicted molar refractivity (Wildman–Crippen MR) is 82.2 cm³/mol. The van der Waals surface area contributed by atoms with Crippen molar-refractivity contribution in [1.29, 1.82) is 0 Å². The number of nitrogens with zero attached hydrogens (tertiary/aromatic N) is 1. The number of carbonyl (C=O) groups is 1. The van der Waals surface area contributed by atoms with Gasteiger partial charge in [-0.1, -0.05) is 37.6 Å². The number of hydrogen-bond acceptors (Lipinski definition) is 3. The summed E-state index contributed by atoms with van der Waals surface area (Å²) in [6.45, 7) is 2.16. The number of hydrogen-bond donors (Lipinski definition) is 0. The molecule has 2 rings (SSSR count). The number of carbonyl (C=O) groups excluding carboxylic acids is 1. The minimum atomic E-state index is -0.0342. The van der Waals surface area contributed by atoms with Gasteiger partial charge in [0.25, 0.3) is 0 Å². The fraction of sp³-hybridized carbons (Fsp3) is 0.250. The SMILES string of the molecule is CCCc1ccc(C(=O)COc2cncc(Br)c2)cc1. The molecule has 3 nitrogen and oxygen atoms in total. The first-order chi connectivity index (χ1) is 9.69. The molecule has 0 atom stereocenters. The maximum atomic E-state index is 12.0. The van der Waals surface area contributed by atoms with Crippen LogP contribution in [-0.4, -0.2) is 17.4 Å². The molecule has 20 heavy (non-hydrogen) atoms. The summed E-state index contributed by atoms with van der Waals surface area (Å²) in [6.07, 6.45) is 5.39. The number of aromatic nitrogens is 1. The smallest absolute Gasteiger partial charge is 0.200 e. The van der Waals surface area contributed by atoms with Crippen LogP contribution in [0.3, 0.4) is 0 Å². The molecule has 0 bridgehead atoms. The number of pyridine rings is 1. The number of halogens is 1. The van der Waals surface area contributed by atoms with Gasteiger partial charge in [0.1, 0.15) is 5.75 Å². The predicted octanol–water partition coefficient (Wildman–Crippen LogP) is 4.06. The van der Waals surface area contributed by atoms with Gasteiger partial charge in [-0.2, -0.15) is 0 Å². The number of Topliss-reactive ketones (excluding diaryl/α,β-unsaturated/α-hetero) is 1. The van der Waals surface area contributed by atoms with E-state index in [4.69, 9.17) is 4.74 Å². The summed E-state index contributed by atoms with van der Waals surface area (Å²) in [5.41, 5.74) is 1.92. The van der Waals surface area contributed by atoms with E-state index in [-0.39, 0.29) is 12.4 Å². The van der Waals surface area contributed by atoms with E-state index in [9.17, 15) is 4.79 Å². The molecule has 4 heteroatoms. The van der Waals surface area contributed by atoms with Crippen LogP contribution in [-0.2, 0) is 6.42 Å². The van der Waals surface area contributed by atoms with Gasteiger partial charge in [-0.05, 0) is 34.0 Å². The summed E-state index contributed by atoms with van der Waals surface area (Å²) in [5, 5.41) is 0. The third-order valence-corrected chi connectivity index (χ3v) is 3.30. The number of aryl methyl sites for hydroxylation is 1. The molecule has 1 heterocycles. The van der Waals surface area contributed by atoms with Crippen molar-refractivity contribution in [2.24, 2.45) is 0 Å². The van der Waals surface area contributed by atoms with Crippen LogP contribution in [0.5, 0.6) is 5.75 Å². The van der Waals surface area contributed by atoms with E-state index >= 15 is 0 Å². The highest BCUT2D eigenvalue weighted by Gasteiger charge is 2.07. The molecule has 0 aliphatic heterocycles. The van der Waals surface area contributed by atoms with Crippen LogP contribution in [0.25, 0.3) is 0 Å². The number of benzene rings is 1. The van der Waals surface area contributed by atoms with Gasteiger partial charge in [-0.3, -0.25) is 9.78 Å². The molecule has 0 unspecified atom stereocenters. The molecule has 0 fully saturated rings. The Morgan fingerprint density at radius 3 is 2.65 bits per heavy atom. The lowest BCUT2D eigenvalue weighted by Gasteiger charge is -2.06. The Hall–Kier alpha value is -1.68. The average molecular weight is 334 g/mol. The van der Waals surface area contributed by atoms with Crippen LogP contribution in [0, 0.1) is 0 Å². The zero-order valence-corrected chi connectivity index (χ0v) is 12.9. The van der Waals surface area contributed by atoms with Gasteiger partial charge in [0.2, 0.25) is 0 Å². The van der Waals surface area contributed by atoms with Crippen LogP contribution in [0.15, 0.2) is 47.2 Å². The van der Waals surface area contributed by atoms with Crippen LogP contribution < -0.4 is 4.74 Å². The van der Waals surface area contributed by atoms with E-state index in [2.05, 4.69) is 27.8 Å². The number of ketones is 1. The topological polar surface area (TPSA) is 39.2 Å². The van der Waals surface area contributed by atoms with Crippen LogP contribution >= 0.6 is 15.9 Å². The highest BCUT2D eigenvalue weighted by Crippen LogP contribution is 2.16. The van der Waals surface area contributed by atoms with Crippen molar-refractivity contribution in [3.05, 3.63) is 58.3 Å². The molecule has 1 aromatic carbocycles. The Kier molecular flexibility index (Phi) is 5.30. The van der Waals surface area contributed by atoms with Crippen molar-refractivity contribution in [3.63, 3.8) is 0 Å². The van der Waals surface area contributed by atoms with E-state index in [1.165, 1.54) is 5.56 Å². The maximum Gasteiger partial charge on any atom is 0.200 e. The van der Waals surface area contributed by atoms with Crippen LogP contribution in [0.1, 0.15) is 29.3 Å². The zero-order valence-electron chi connectivity index (χ0n) is 11.3. The Bertz CT molecular complexity index is 581. The molecule has 0 N–H and O–H groups in total. The van der Waals surface area contributed by atoms with E-state index in [1.807, 2.05) is 24.3 Å². The van der Waals surface area contributed by atoms with Crippen molar-refractivity contribution in [3.8, 4) is 5.75 Å². The quantitative estimate of drug-likeness (QED) is 0.748. The zero-order chi connectivity index (χ0) is 14.4. The minimum absolute atomic E-state index is 0.0191. The third kappa shape index (κ3) is 4.17. The summed E-state index contributed by atoms with van der Waals surface area (Å²) in [5.74, 6) is 0.545. The van der Waals surface area contributed by atoms with Gasteiger partial charge in [-0.15, -0.1) is 0 Å². The minimum Gasteiger partial charge on any atom is -0.484 e. The van der Waals surface area contributed by atoms with Crippen LogP contribution in [0.2, 0.25) is 0 Å². The molecule has 0 spiro atoms. The number of ether oxygens (including phenoxy) is 1. The summed E-state index contributed by atoms with van der Waals surface area (Å²) in [6, 6.07) is 9.49. The van der Waals surface area contributed by atoms with Gasteiger partial charge in [-0.25, -0.2) is 0 Å². The molecule has 104 valence electrons. The standard InChI is InChI=1S/C16H16BrNO2/c1-2-3-12-4-6-13(7-5-12)16(19)11-20-15-8-14(17)9-18-10-15/h4-10H,2-3,11H2,1H3. The van der Waals surface area contributed by atoms with Crippen LogP contribution in [0.4, 0.5) is 0 Å². The average Bonchev–Trinajstić information content (AvgIpc) is 2.46. The van der Waals surface area contributed by atoms with Gasteiger partial charge in [0, 0.05) is 16.2 Å². The first kappa shape index (κ1) is 14.7. The Balaban J connectivity index is 1.94. The van der Waals surface area contributed by atoms with Crippen molar-refractivity contribution in [1.82, 2.24) is 4.98 Å². The Labute approximate surface area is 127 Å². The first-order valence-corrected chi connectivity index (χ1v) is 7.34. The molecular formula is C16H16BrNO2. The van der Waals surface area contributed by atoms with Crippen molar-refractivity contribution in [2.45, 2.75) is 19.8 Å². The normalized spacial score (nSPS) is 10.3. The lowest BCUT2D eigenvalue weighted by Crippen LogP contribution is -2.11. The van der Waals surface area contributed by atoms with E-state index < -0.39 is 0 Å². The number of rotatable bonds is 6. The molecule has 1 aromatic heterocycles. The lowest BCUT2D eigenvalue weighted by atomic mass is 10.1. The van der Waals surface area contributed by atoms with E-state index in [0.29, 0.717) is 11.3 Å². The first-order valence-electron chi connectivity index (χ1n) is 6.54. The molecule has 2 aromatic rings. The van der Waals surface area contributed by atoms with Crippen molar-refractivity contribution < 1.29 is 9.53 Å². The second-order valence-corrected chi connectivity index (χ2v) is 5.41. The van der Waals surface area contributed by atoms with Crippen molar-refractivity contribution in [2.75, 3.05) is 6.61 Å². The largest absolute Gasteiger partial charge is 0.484 e. The molecule has 0 radical (unpaired) electrons. The molecular weight excluding hydrogens is 318 g/mol. The molecule has 0 amide bonds. The van der Waals surface area contributed by atoms with E-state index in [0.717, 1.165) is 17.3 Å². The molecule has 0 saturated heterocycles. The molecule has 0 aliphatic carbocycles. The second-order valence-electron chi connectivity index (χ2n) is 4.50. The highest BCUT2D eigenvalue weighted by atomic mass is 79.9. The summed E-state index contributed by atoms with van der Waals surface area (Å²) in [4.78, 5) is 16.0. The monoisotopic (exact) mass is 333 g/mol. The van der Waals surface area contributed by atoms with Gasteiger partial charge >= 0.3 is 0 Å².